The zero-order valence-corrected chi connectivity index (χ0v) is 16.2. The van der Waals surface area contributed by atoms with Gasteiger partial charge in [0.1, 0.15) is 11.9 Å². The number of carbonyl (C=O) groups is 2. The highest BCUT2D eigenvalue weighted by atomic mass is 32.2. The van der Waals surface area contributed by atoms with Crippen molar-refractivity contribution in [2.45, 2.75) is 49.4 Å². The van der Waals surface area contributed by atoms with Gasteiger partial charge in [-0.05, 0) is 38.3 Å². The van der Waals surface area contributed by atoms with Gasteiger partial charge in [0.05, 0.1) is 4.87 Å². The summed E-state index contributed by atoms with van der Waals surface area (Å²) in [7, 11) is 0. The van der Waals surface area contributed by atoms with Gasteiger partial charge in [0, 0.05) is 37.4 Å². The van der Waals surface area contributed by atoms with Crippen LogP contribution in [0, 0.1) is 0 Å². The average molecular weight is 385 g/mol. The Labute approximate surface area is 162 Å². The minimum atomic E-state index is -0.316. The van der Waals surface area contributed by atoms with Gasteiger partial charge in [-0.2, -0.15) is 0 Å². The summed E-state index contributed by atoms with van der Waals surface area (Å²) >= 11 is 1.75. The molecule has 3 unspecified atom stereocenters. The van der Waals surface area contributed by atoms with Crippen LogP contribution in [0.2, 0.25) is 0 Å². The first-order valence-electron chi connectivity index (χ1n) is 9.61. The first-order valence-corrected chi connectivity index (χ1v) is 10.6. The lowest BCUT2D eigenvalue weighted by Gasteiger charge is -2.36. The molecule has 7 nitrogen and oxygen atoms in total. The van der Waals surface area contributed by atoms with Gasteiger partial charge >= 0.3 is 0 Å². The van der Waals surface area contributed by atoms with E-state index in [1.54, 1.807) is 11.8 Å². The molecule has 0 N–H and O–H groups in total. The summed E-state index contributed by atoms with van der Waals surface area (Å²) in [6.45, 7) is 3.50. The number of pyridine rings is 1. The second-order valence-corrected chi connectivity index (χ2v) is 9.38. The molecule has 2 aromatic rings. The van der Waals surface area contributed by atoms with Crippen molar-refractivity contribution in [1.82, 2.24) is 24.4 Å². The second-order valence-electron chi connectivity index (χ2n) is 7.88. The number of thioether (sulfide) groups is 1. The van der Waals surface area contributed by atoms with Crippen molar-refractivity contribution in [3.8, 4) is 0 Å². The molecule has 0 spiro atoms. The molecule has 3 saturated heterocycles. The highest BCUT2D eigenvalue weighted by molar-refractivity contribution is 8.01. The molecule has 2 aromatic heterocycles. The monoisotopic (exact) mass is 385 g/mol. The molecule has 0 bridgehead atoms. The van der Waals surface area contributed by atoms with Gasteiger partial charge in [0.25, 0.3) is 0 Å². The molecule has 0 radical (unpaired) electrons. The molecule has 8 heteroatoms. The van der Waals surface area contributed by atoms with Gasteiger partial charge in [-0.15, -0.1) is 22.0 Å². The van der Waals surface area contributed by atoms with E-state index in [1.165, 1.54) is 0 Å². The van der Waals surface area contributed by atoms with E-state index >= 15 is 0 Å². The van der Waals surface area contributed by atoms with Gasteiger partial charge in [-0.1, -0.05) is 6.07 Å². The Bertz CT molecular complexity index is 914. The molecule has 27 heavy (non-hydrogen) atoms. The van der Waals surface area contributed by atoms with Crippen molar-refractivity contribution < 1.29 is 9.59 Å². The van der Waals surface area contributed by atoms with E-state index in [0.29, 0.717) is 18.7 Å². The Morgan fingerprint density at radius 3 is 3.11 bits per heavy atom. The van der Waals surface area contributed by atoms with Crippen molar-refractivity contribution in [3.05, 3.63) is 30.2 Å². The highest BCUT2D eigenvalue weighted by Crippen LogP contribution is 2.47. The first-order chi connectivity index (χ1) is 13.1. The van der Waals surface area contributed by atoms with Crippen LogP contribution in [0.4, 0.5) is 0 Å². The number of amides is 2. The first kappa shape index (κ1) is 17.0. The quantitative estimate of drug-likeness (QED) is 0.790. The number of nitrogens with zero attached hydrogens (tertiary/aromatic N) is 5. The number of piperidine rings is 1. The molecule has 3 fully saturated rings. The van der Waals surface area contributed by atoms with Crippen molar-refractivity contribution in [1.29, 1.82) is 0 Å². The lowest BCUT2D eigenvalue weighted by molar-refractivity contribution is -0.144. The maximum atomic E-state index is 13.3. The Kier molecular flexibility index (Phi) is 3.93. The smallest absolute Gasteiger partial charge is 0.246 e. The molecular formula is C19H23N5O2S. The van der Waals surface area contributed by atoms with Crippen LogP contribution in [0.5, 0.6) is 0 Å². The van der Waals surface area contributed by atoms with Crippen LogP contribution in [0.25, 0.3) is 5.65 Å². The van der Waals surface area contributed by atoms with Crippen molar-refractivity contribution in [3.63, 3.8) is 0 Å². The van der Waals surface area contributed by atoms with Crippen molar-refractivity contribution in [2.24, 2.45) is 0 Å². The molecule has 5 heterocycles. The maximum absolute atomic E-state index is 13.3. The molecule has 0 aliphatic carbocycles. The fourth-order valence-electron chi connectivity index (χ4n) is 4.74. The zero-order chi connectivity index (χ0) is 18.6. The van der Waals surface area contributed by atoms with Gasteiger partial charge in [-0.25, -0.2) is 0 Å². The predicted octanol–water partition coefficient (Wildman–Crippen LogP) is 1.89. The third-order valence-electron chi connectivity index (χ3n) is 6.17. The molecule has 3 atom stereocenters. The largest absolute Gasteiger partial charge is 0.340 e. The topological polar surface area (TPSA) is 70.8 Å². The summed E-state index contributed by atoms with van der Waals surface area (Å²) in [4.78, 5) is 29.3. The third kappa shape index (κ3) is 2.64. The molecule has 3 aliphatic rings. The Hall–Kier alpha value is -2.09. The fraction of sp³-hybridized carbons (Fsp3) is 0.579. The number of rotatable bonds is 2. The highest BCUT2D eigenvalue weighted by Gasteiger charge is 2.53. The molecule has 2 amide bonds. The normalized spacial score (nSPS) is 30.9. The number of hydrogen-bond donors (Lipinski definition) is 0. The summed E-state index contributed by atoms with van der Waals surface area (Å²) in [5.41, 5.74) is 0.835. The molecule has 3 aliphatic heterocycles. The summed E-state index contributed by atoms with van der Waals surface area (Å²) in [6.07, 6.45) is 5.33. The molecule has 142 valence electrons. The number of fused-ring (bicyclic) bond motifs is 2. The zero-order valence-electron chi connectivity index (χ0n) is 15.4. The number of aromatic nitrogens is 3. The summed E-state index contributed by atoms with van der Waals surface area (Å²) < 4.78 is 2.02. The van der Waals surface area contributed by atoms with Crippen molar-refractivity contribution in [2.75, 3.05) is 18.8 Å². The van der Waals surface area contributed by atoms with Crippen LogP contribution >= 0.6 is 11.8 Å². The summed E-state index contributed by atoms with van der Waals surface area (Å²) in [5, 5.41) is 8.65. The number of hydrogen-bond acceptors (Lipinski definition) is 5. The molecule has 5 rings (SSSR count). The van der Waals surface area contributed by atoms with E-state index in [0.717, 1.165) is 37.3 Å². The van der Waals surface area contributed by atoms with Gasteiger partial charge in [0.2, 0.25) is 11.8 Å². The van der Waals surface area contributed by atoms with Crippen LogP contribution in [-0.4, -0.2) is 66.0 Å². The van der Waals surface area contributed by atoms with E-state index in [9.17, 15) is 9.59 Å². The molecular weight excluding hydrogens is 362 g/mol. The van der Waals surface area contributed by atoms with E-state index in [4.69, 9.17) is 0 Å². The molecule has 0 aromatic carbocycles. The predicted molar refractivity (Wildman–Crippen MR) is 102 cm³/mol. The summed E-state index contributed by atoms with van der Waals surface area (Å²) in [6, 6.07) is 5.55. The number of likely N-dealkylation sites (tertiary alicyclic amines) is 1. The minimum absolute atomic E-state index is 0.0972. The number of carbonyl (C=O) groups excluding carboxylic acids is 2. The van der Waals surface area contributed by atoms with E-state index in [-0.39, 0.29) is 28.6 Å². The van der Waals surface area contributed by atoms with Crippen LogP contribution in [0.15, 0.2) is 24.4 Å². The third-order valence-corrected chi connectivity index (χ3v) is 7.67. The van der Waals surface area contributed by atoms with E-state index in [1.807, 2.05) is 38.6 Å². The van der Waals surface area contributed by atoms with E-state index in [2.05, 4.69) is 17.1 Å². The summed E-state index contributed by atoms with van der Waals surface area (Å²) in [5.74, 6) is 2.02. The SMILES string of the molecule is CC12CCC(=O)N1C(C(=O)N1CCCC(c3nnc4ccccn34)C1)CS2. The van der Waals surface area contributed by atoms with Crippen molar-refractivity contribution >= 4 is 29.2 Å². The Balaban J connectivity index is 1.37. The van der Waals surface area contributed by atoms with Gasteiger partial charge in [-0.3, -0.25) is 14.0 Å². The lowest BCUT2D eigenvalue weighted by atomic mass is 9.96. The fourth-order valence-corrected chi connectivity index (χ4v) is 6.16. The van der Waals surface area contributed by atoms with Crippen LogP contribution in [-0.2, 0) is 9.59 Å². The second kappa shape index (κ2) is 6.22. The van der Waals surface area contributed by atoms with Gasteiger partial charge < -0.3 is 9.80 Å². The minimum Gasteiger partial charge on any atom is -0.340 e. The average Bonchev–Trinajstić information content (AvgIpc) is 3.35. The Morgan fingerprint density at radius 1 is 1.33 bits per heavy atom. The lowest BCUT2D eigenvalue weighted by Crippen LogP contribution is -2.53. The standard InChI is InChI=1S/C19H23N5O2S/c1-19-8-7-16(25)24(19)14(12-27-19)18(26)22-9-4-5-13(11-22)17-21-20-15-6-2-3-10-23(15)17/h2-3,6,10,13-14H,4-5,7-9,11-12H2,1H3. The molecule has 0 saturated carbocycles. The van der Waals surface area contributed by atoms with Crippen LogP contribution in [0.1, 0.15) is 44.3 Å². The van der Waals surface area contributed by atoms with Gasteiger partial charge in [0.15, 0.2) is 5.65 Å². The van der Waals surface area contributed by atoms with Crippen LogP contribution < -0.4 is 0 Å². The maximum Gasteiger partial charge on any atom is 0.246 e. The van der Waals surface area contributed by atoms with Crippen LogP contribution in [0.3, 0.4) is 0 Å². The Morgan fingerprint density at radius 2 is 2.22 bits per heavy atom. The van der Waals surface area contributed by atoms with E-state index < -0.39 is 0 Å².